The summed E-state index contributed by atoms with van der Waals surface area (Å²) >= 11 is 9.38. The molecular formula is C41H36Br2IN3. The molecule has 0 fully saturated rings. The van der Waals surface area contributed by atoms with E-state index in [1.54, 1.807) is 0 Å². The van der Waals surface area contributed by atoms with Crippen molar-refractivity contribution in [2.24, 2.45) is 0 Å². The van der Waals surface area contributed by atoms with Crippen LogP contribution in [0.2, 0.25) is 0 Å². The molecule has 2 aliphatic heterocycles. The monoisotopic (exact) mass is 855 g/mol. The summed E-state index contributed by atoms with van der Waals surface area (Å²) in [6, 6.07) is 51.0. The molecule has 6 heteroatoms. The van der Waals surface area contributed by atoms with Crippen molar-refractivity contribution in [3.63, 3.8) is 0 Å². The number of anilines is 7. The van der Waals surface area contributed by atoms with Crippen LogP contribution in [0.5, 0.6) is 0 Å². The van der Waals surface area contributed by atoms with Crippen LogP contribution < -0.4 is 14.7 Å². The maximum absolute atomic E-state index is 3.71. The zero-order valence-corrected chi connectivity index (χ0v) is 31.8. The highest BCUT2D eigenvalue weighted by atomic mass is 127. The molecule has 3 nitrogen and oxygen atoms in total. The first-order chi connectivity index (χ1) is 23.0. The number of benzene rings is 6. The lowest BCUT2D eigenvalue weighted by Crippen LogP contribution is -2.26. The van der Waals surface area contributed by atoms with Gasteiger partial charge in [0.25, 0.3) is 0 Å². The van der Waals surface area contributed by atoms with Gasteiger partial charge in [0, 0.05) is 43.4 Å². The molecule has 0 atom stereocenters. The van der Waals surface area contributed by atoms with Crippen molar-refractivity contribution in [3.05, 3.63) is 169 Å². The third-order valence-electron chi connectivity index (χ3n) is 8.32. The van der Waals surface area contributed by atoms with Crippen LogP contribution in [0, 0.1) is 3.57 Å². The first-order valence-corrected chi connectivity index (χ1v) is 18.5. The molecule has 0 unspecified atom stereocenters. The van der Waals surface area contributed by atoms with Gasteiger partial charge in [-0.1, -0.05) is 84.9 Å². The predicted octanol–water partition coefficient (Wildman–Crippen LogP) is 13.2. The van der Waals surface area contributed by atoms with Crippen molar-refractivity contribution in [1.29, 1.82) is 0 Å². The Bertz CT molecular complexity index is 1860. The molecule has 0 amide bonds. The van der Waals surface area contributed by atoms with Crippen molar-refractivity contribution in [1.82, 2.24) is 0 Å². The summed E-state index contributed by atoms with van der Waals surface area (Å²) in [5.41, 5.74) is 11.6. The number of fused-ring (bicyclic) bond motifs is 4. The maximum atomic E-state index is 3.71. The van der Waals surface area contributed by atoms with E-state index in [0.29, 0.717) is 0 Å². The van der Waals surface area contributed by atoms with E-state index in [0.717, 1.165) is 29.7 Å². The molecule has 0 N–H and O–H groups in total. The summed E-state index contributed by atoms with van der Waals surface area (Å²) in [6.07, 6.45) is 1.06. The second kappa shape index (κ2) is 15.5. The number of halogens is 3. The minimum absolute atomic E-state index is 0.942. The van der Waals surface area contributed by atoms with Gasteiger partial charge in [0.15, 0.2) is 0 Å². The predicted molar refractivity (Wildman–Crippen MR) is 217 cm³/mol. The van der Waals surface area contributed by atoms with Crippen molar-refractivity contribution in [3.8, 4) is 0 Å². The molecule has 47 heavy (non-hydrogen) atoms. The van der Waals surface area contributed by atoms with Crippen LogP contribution in [0.1, 0.15) is 25.0 Å². The van der Waals surface area contributed by atoms with Gasteiger partial charge in [-0.3, -0.25) is 0 Å². The van der Waals surface area contributed by atoms with Gasteiger partial charge < -0.3 is 14.7 Å². The van der Waals surface area contributed by atoms with Gasteiger partial charge in [-0.2, -0.15) is 0 Å². The number of para-hydroxylation sites is 7. The molecule has 6 aromatic carbocycles. The summed E-state index contributed by atoms with van der Waals surface area (Å²) in [5, 5.41) is 0. The topological polar surface area (TPSA) is 9.72 Å². The minimum atomic E-state index is 0.942. The number of rotatable bonds is 3. The van der Waals surface area contributed by atoms with Gasteiger partial charge in [0.2, 0.25) is 0 Å². The molecule has 0 radical (unpaired) electrons. The SMILES string of the molecule is Brc1ccccc1I.CCN1c2ccccc2Cc2ccccc21.CCN1c2ccccc2N(c2ccccc2Br)c2ccccc21. The molecular weight excluding hydrogens is 821 g/mol. The fourth-order valence-corrected chi connectivity index (χ4v) is 7.35. The third kappa shape index (κ3) is 7.15. The Hall–Kier alpha value is -3.59. The summed E-state index contributed by atoms with van der Waals surface area (Å²) in [7, 11) is 0. The normalized spacial score (nSPS) is 12.3. The van der Waals surface area contributed by atoms with E-state index in [-0.39, 0.29) is 0 Å². The van der Waals surface area contributed by atoms with Gasteiger partial charge in [0.1, 0.15) is 0 Å². The molecule has 6 aromatic rings. The summed E-state index contributed by atoms with van der Waals surface area (Å²) in [6.45, 7) is 6.37. The Morgan fingerprint density at radius 1 is 0.447 bits per heavy atom. The molecule has 0 aliphatic carbocycles. The zero-order chi connectivity index (χ0) is 32.8. The van der Waals surface area contributed by atoms with E-state index in [9.17, 15) is 0 Å². The Balaban J connectivity index is 0.000000139. The Morgan fingerprint density at radius 3 is 1.23 bits per heavy atom. The van der Waals surface area contributed by atoms with Gasteiger partial charge in [-0.05, 0) is 140 Å². The van der Waals surface area contributed by atoms with E-state index < -0.39 is 0 Å². The highest BCUT2D eigenvalue weighted by Gasteiger charge is 2.28. The van der Waals surface area contributed by atoms with Crippen LogP contribution in [-0.2, 0) is 6.42 Å². The van der Waals surface area contributed by atoms with Crippen LogP contribution in [0.4, 0.5) is 39.8 Å². The number of hydrogen-bond acceptors (Lipinski definition) is 3. The smallest absolute Gasteiger partial charge is 0.0700 e. The Morgan fingerprint density at radius 2 is 0.809 bits per heavy atom. The van der Waals surface area contributed by atoms with Crippen molar-refractivity contribution >= 4 is 94.3 Å². The zero-order valence-electron chi connectivity index (χ0n) is 26.5. The Labute approximate surface area is 309 Å². The standard InChI is InChI=1S/C20H17BrN2.C15H15N.C6H4BrI/c1-2-22-17-11-5-7-13-19(17)23(16-10-4-3-9-15(16)21)20-14-8-6-12-18(20)22;1-2-16-14-9-5-3-7-12(14)11-13-8-4-6-10-15(13)16;7-5-3-1-2-4-6(5)8/h3-14H,2H2,1H3;3-10H,2,11H2,1H3;1-4H. The maximum Gasteiger partial charge on any atom is 0.0700 e. The fourth-order valence-electron chi connectivity index (χ4n) is 6.22. The van der Waals surface area contributed by atoms with Crippen LogP contribution >= 0.6 is 54.5 Å². The quantitative estimate of drug-likeness (QED) is 0.164. The number of hydrogen-bond donors (Lipinski definition) is 0. The van der Waals surface area contributed by atoms with Crippen LogP contribution in [-0.4, -0.2) is 13.1 Å². The van der Waals surface area contributed by atoms with Crippen LogP contribution in [0.3, 0.4) is 0 Å². The molecule has 0 saturated heterocycles. The molecule has 0 saturated carbocycles. The van der Waals surface area contributed by atoms with Crippen molar-refractivity contribution in [2.45, 2.75) is 20.3 Å². The summed E-state index contributed by atoms with van der Waals surface area (Å²) in [4.78, 5) is 7.10. The van der Waals surface area contributed by atoms with E-state index in [4.69, 9.17) is 0 Å². The molecule has 0 bridgehead atoms. The minimum Gasteiger partial charge on any atom is -0.341 e. The Kier molecular flexibility index (Phi) is 11.0. The molecule has 0 spiro atoms. The van der Waals surface area contributed by atoms with E-state index >= 15 is 0 Å². The van der Waals surface area contributed by atoms with Gasteiger partial charge in [-0.25, -0.2) is 0 Å². The van der Waals surface area contributed by atoms with Gasteiger partial charge in [-0.15, -0.1) is 0 Å². The molecule has 8 rings (SSSR count). The van der Waals surface area contributed by atoms with Crippen LogP contribution in [0.15, 0.2) is 155 Å². The lowest BCUT2D eigenvalue weighted by Gasteiger charge is -2.40. The second-order valence-electron chi connectivity index (χ2n) is 11.1. The van der Waals surface area contributed by atoms with E-state index in [1.807, 2.05) is 24.3 Å². The summed E-state index contributed by atoms with van der Waals surface area (Å²) in [5.74, 6) is 0. The van der Waals surface area contributed by atoms with Crippen molar-refractivity contribution in [2.75, 3.05) is 27.8 Å². The molecule has 0 aromatic heterocycles. The largest absolute Gasteiger partial charge is 0.341 e. The third-order valence-corrected chi connectivity index (χ3v) is 11.4. The lowest BCUT2D eigenvalue weighted by atomic mass is 9.96. The fraction of sp³-hybridized carbons (Fsp3) is 0.122. The first kappa shape index (κ1) is 33.3. The number of nitrogens with zero attached hydrogens (tertiary/aromatic N) is 3. The van der Waals surface area contributed by atoms with Crippen molar-refractivity contribution < 1.29 is 0 Å². The van der Waals surface area contributed by atoms with E-state index in [2.05, 4.69) is 204 Å². The van der Waals surface area contributed by atoms with E-state index in [1.165, 1.54) is 53.3 Å². The first-order valence-electron chi connectivity index (χ1n) is 15.9. The summed E-state index contributed by atoms with van der Waals surface area (Å²) < 4.78 is 3.51. The molecule has 2 aliphatic rings. The highest BCUT2D eigenvalue weighted by Crippen LogP contribution is 2.52. The average molecular weight is 857 g/mol. The average Bonchev–Trinajstić information content (AvgIpc) is 3.12. The van der Waals surface area contributed by atoms with Gasteiger partial charge >= 0.3 is 0 Å². The van der Waals surface area contributed by atoms with Gasteiger partial charge in [0.05, 0.1) is 28.4 Å². The second-order valence-corrected chi connectivity index (χ2v) is 14.0. The van der Waals surface area contributed by atoms with Crippen LogP contribution in [0.25, 0.3) is 0 Å². The molecule has 2 heterocycles. The molecule has 236 valence electrons. The highest BCUT2D eigenvalue weighted by molar-refractivity contribution is 14.1. The lowest BCUT2D eigenvalue weighted by molar-refractivity contribution is 0.961.